The second kappa shape index (κ2) is 4.93. The molecule has 20 heavy (non-hydrogen) atoms. The summed E-state index contributed by atoms with van der Waals surface area (Å²) in [7, 11) is 0. The van der Waals surface area contributed by atoms with Crippen LogP contribution >= 0.6 is 0 Å². The van der Waals surface area contributed by atoms with Crippen molar-refractivity contribution >= 4 is 11.8 Å². The van der Waals surface area contributed by atoms with E-state index < -0.39 is 5.41 Å². The summed E-state index contributed by atoms with van der Waals surface area (Å²) in [5.74, 6) is 0.612. The van der Waals surface area contributed by atoms with Gasteiger partial charge in [0.1, 0.15) is 16.9 Å². The molecule has 1 aromatic carbocycles. The summed E-state index contributed by atoms with van der Waals surface area (Å²) in [5.41, 5.74) is 0.147. The number of ether oxygens (including phenoxy) is 2. The number of cyclic esters (lactones) is 1. The molecule has 2 heterocycles. The maximum atomic E-state index is 12.0. The van der Waals surface area contributed by atoms with Gasteiger partial charge in [0.25, 0.3) is 0 Å². The molecule has 0 aliphatic carbocycles. The van der Waals surface area contributed by atoms with E-state index in [9.17, 15) is 9.59 Å². The van der Waals surface area contributed by atoms with E-state index in [1.807, 2.05) is 24.3 Å². The molecule has 2 atom stereocenters. The van der Waals surface area contributed by atoms with E-state index in [1.54, 1.807) is 0 Å². The number of fused-ring (bicyclic) bond motifs is 1. The molecule has 2 unspecified atom stereocenters. The molecule has 106 valence electrons. The first kappa shape index (κ1) is 13.2. The van der Waals surface area contributed by atoms with Crippen molar-refractivity contribution in [1.82, 2.24) is 0 Å². The SMILES string of the molecule is CC(=O)C1(CC2CCOc3ccccc32)CCOC1=O. The zero-order valence-electron chi connectivity index (χ0n) is 11.6. The second-order valence-electron chi connectivity index (χ2n) is 5.60. The Morgan fingerprint density at radius 2 is 2.10 bits per heavy atom. The summed E-state index contributed by atoms with van der Waals surface area (Å²) in [6, 6.07) is 7.86. The van der Waals surface area contributed by atoms with Crippen LogP contribution in [0.4, 0.5) is 0 Å². The first-order chi connectivity index (χ1) is 9.63. The van der Waals surface area contributed by atoms with Crippen LogP contribution in [0.25, 0.3) is 0 Å². The molecule has 2 aliphatic heterocycles. The Hall–Kier alpha value is -1.84. The van der Waals surface area contributed by atoms with E-state index in [0.29, 0.717) is 26.1 Å². The summed E-state index contributed by atoms with van der Waals surface area (Å²) < 4.78 is 10.7. The predicted molar refractivity (Wildman–Crippen MR) is 72.6 cm³/mol. The highest BCUT2D eigenvalue weighted by Crippen LogP contribution is 2.45. The number of esters is 1. The van der Waals surface area contributed by atoms with Crippen molar-refractivity contribution in [3.05, 3.63) is 29.8 Å². The van der Waals surface area contributed by atoms with Crippen molar-refractivity contribution in [2.24, 2.45) is 5.41 Å². The lowest BCUT2D eigenvalue weighted by Crippen LogP contribution is -2.36. The van der Waals surface area contributed by atoms with Gasteiger partial charge in [-0.3, -0.25) is 9.59 Å². The Labute approximate surface area is 118 Å². The van der Waals surface area contributed by atoms with E-state index in [0.717, 1.165) is 17.7 Å². The van der Waals surface area contributed by atoms with Crippen molar-refractivity contribution in [3.8, 4) is 5.75 Å². The largest absolute Gasteiger partial charge is 0.493 e. The average Bonchev–Trinajstić information content (AvgIpc) is 2.82. The number of carbonyl (C=O) groups is 2. The Balaban J connectivity index is 1.91. The van der Waals surface area contributed by atoms with Crippen LogP contribution in [0.2, 0.25) is 0 Å². The molecule has 0 saturated carbocycles. The number of benzene rings is 1. The minimum atomic E-state index is -0.949. The topological polar surface area (TPSA) is 52.6 Å². The molecule has 4 heteroatoms. The Morgan fingerprint density at radius 1 is 1.30 bits per heavy atom. The molecule has 4 nitrogen and oxygen atoms in total. The summed E-state index contributed by atoms with van der Waals surface area (Å²) in [6.45, 7) is 2.48. The van der Waals surface area contributed by atoms with Gasteiger partial charge in [0.2, 0.25) is 0 Å². The highest BCUT2D eigenvalue weighted by Gasteiger charge is 2.50. The van der Waals surface area contributed by atoms with E-state index in [1.165, 1.54) is 6.92 Å². The fraction of sp³-hybridized carbons (Fsp3) is 0.500. The Morgan fingerprint density at radius 3 is 2.80 bits per heavy atom. The third-order valence-corrected chi connectivity index (χ3v) is 4.50. The number of Topliss-reactive ketones (excluding diaryl/α,β-unsaturated/α-hetero) is 1. The van der Waals surface area contributed by atoms with E-state index in [2.05, 4.69) is 0 Å². The highest BCUT2D eigenvalue weighted by atomic mass is 16.5. The van der Waals surface area contributed by atoms with Crippen LogP contribution in [0.1, 0.15) is 37.7 Å². The lowest BCUT2D eigenvalue weighted by atomic mass is 9.72. The van der Waals surface area contributed by atoms with Crippen molar-refractivity contribution < 1.29 is 19.1 Å². The molecule has 2 aliphatic rings. The standard InChI is InChI=1S/C16H18O4/c1-11(17)16(7-9-20-15(16)18)10-12-6-8-19-14-5-3-2-4-13(12)14/h2-5,12H,6-10H2,1H3. The van der Waals surface area contributed by atoms with Crippen LogP contribution in [-0.2, 0) is 14.3 Å². The molecule has 0 aromatic heterocycles. The van der Waals surface area contributed by atoms with Crippen LogP contribution in [-0.4, -0.2) is 25.0 Å². The molecule has 1 fully saturated rings. The van der Waals surface area contributed by atoms with Crippen molar-refractivity contribution in [1.29, 1.82) is 0 Å². The van der Waals surface area contributed by atoms with Crippen LogP contribution in [0, 0.1) is 5.41 Å². The van der Waals surface area contributed by atoms with Crippen molar-refractivity contribution in [2.75, 3.05) is 13.2 Å². The molecule has 0 radical (unpaired) electrons. The summed E-state index contributed by atoms with van der Waals surface area (Å²) >= 11 is 0. The van der Waals surface area contributed by atoms with Gasteiger partial charge in [-0.1, -0.05) is 18.2 Å². The molecule has 3 rings (SSSR count). The zero-order valence-corrected chi connectivity index (χ0v) is 11.6. The molecule has 0 bridgehead atoms. The monoisotopic (exact) mass is 274 g/mol. The second-order valence-corrected chi connectivity index (χ2v) is 5.60. The minimum absolute atomic E-state index is 0.0797. The van der Waals surface area contributed by atoms with Crippen molar-refractivity contribution in [3.63, 3.8) is 0 Å². The third kappa shape index (κ3) is 1.99. The van der Waals surface area contributed by atoms with Gasteiger partial charge in [-0.2, -0.15) is 0 Å². The van der Waals surface area contributed by atoms with E-state index in [4.69, 9.17) is 9.47 Å². The number of carbonyl (C=O) groups excluding carboxylic acids is 2. The van der Waals surface area contributed by atoms with Gasteiger partial charge in [0, 0.05) is 6.42 Å². The fourth-order valence-corrected chi connectivity index (χ4v) is 3.26. The average molecular weight is 274 g/mol. The number of hydrogen-bond donors (Lipinski definition) is 0. The molecule has 0 N–H and O–H groups in total. The fourth-order valence-electron chi connectivity index (χ4n) is 3.26. The van der Waals surface area contributed by atoms with Crippen LogP contribution in [0.3, 0.4) is 0 Å². The maximum Gasteiger partial charge on any atom is 0.319 e. The molecule has 0 spiro atoms. The number of para-hydroxylation sites is 1. The van der Waals surface area contributed by atoms with Gasteiger partial charge in [-0.25, -0.2) is 0 Å². The van der Waals surface area contributed by atoms with Crippen LogP contribution in [0.15, 0.2) is 24.3 Å². The first-order valence-corrected chi connectivity index (χ1v) is 7.03. The Bertz CT molecular complexity index is 551. The summed E-state index contributed by atoms with van der Waals surface area (Å²) in [5, 5.41) is 0. The van der Waals surface area contributed by atoms with Gasteiger partial charge in [-0.15, -0.1) is 0 Å². The molecule has 0 amide bonds. The molecule has 1 aromatic rings. The van der Waals surface area contributed by atoms with Gasteiger partial charge in [-0.05, 0) is 37.3 Å². The summed E-state index contributed by atoms with van der Waals surface area (Å²) in [6.07, 6.45) is 1.86. The highest BCUT2D eigenvalue weighted by molar-refractivity contribution is 6.03. The van der Waals surface area contributed by atoms with E-state index >= 15 is 0 Å². The summed E-state index contributed by atoms with van der Waals surface area (Å²) in [4.78, 5) is 24.1. The van der Waals surface area contributed by atoms with Crippen molar-refractivity contribution in [2.45, 2.75) is 32.1 Å². The lowest BCUT2D eigenvalue weighted by Gasteiger charge is -2.31. The number of ketones is 1. The van der Waals surface area contributed by atoms with Gasteiger partial charge in [0.05, 0.1) is 13.2 Å². The normalized spacial score (nSPS) is 28.4. The van der Waals surface area contributed by atoms with Gasteiger partial charge >= 0.3 is 5.97 Å². The van der Waals surface area contributed by atoms with Crippen LogP contribution < -0.4 is 4.74 Å². The number of hydrogen-bond acceptors (Lipinski definition) is 4. The van der Waals surface area contributed by atoms with Gasteiger partial charge in [0.15, 0.2) is 0 Å². The molecule has 1 saturated heterocycles. The minimum Gasteiger partial charge on any atom is -0.493 e. The third-order valence-electron chi connectivity index (χ3n) is 4.50. The zero-order chi connectivity index (χ0) is 14.2. The number of rotatable bonds is 3. The van der Waals surface area contributed by atoms with E-state index in [-0.39, 0.29) is 17.7 Å². The first-order valence-electron chi connectivity index (χ1n) is 7.03. The van der Waals surface area contributed by atoms with Crippen LogP contribution in [0.5, 0.6) is 5.75 Å². The predicted octanol–water partition coefficient (Wildman–Crippen LogP) is 2.47. The Kier molecular flexibility index (Phi) is 3.24. The quantitative estimate of drug-likeness (QED) is 0.627. The molecular weight excluding hydrogens is 256 g/mol. The lowest BCUT2D eigenvalue weighted by molar-refractivity contribution is -0.151. The smallest absolute Gasteiger partial charge is 0.319 e. The van der Waals surface area contributed by atoms with Gasteiger partial charge < -0.3 is 9.47 Å². The molecular formula is C16H18O4. The maximum absolute atomic E-state index is 12.0.